The Hall–Kier alpha value is -2.36. The number of aromatic nitrogens is 1. The van der Waals surface area contributed by atoms with Crippen molar-refractivity contribution in [3.63, 3.8) is 0 Å². The van der Waals surface area contributed by atoms with E-state index in [9.17, 15) is 27.6 Å². The molecule has 0 aliphatic rings. The van der Waals surface area contributed by atoms with Crippen molar-refractivity contribution >= 4 is 11.9 Å². The quantitative estimate of drug-likeness (QED) is 0.659. The van der Waals surface area contributed by atoms with Crippen LogP contribution in [0.15, 0.2) is 16.9 Å². The first-order valence-electron chi connectivity index (χ1n) is 5.50. The highest BCUT2D eigenvalue weighted by molar-refractivity contribution is 5.96. The van der Waals surface area contributed by atoms with Crippen LogP contribution < -0.4 is 10.9 Å². The van der Waals surface area contributed by atoms with Crippen LogP contribution in [0.4, 0.5) is 13.2 Å². The number of aliphatic hydroxyl groups excluding tert-OH is 1. The predicted octanol–water partition coefficient (Wildman–Crippen LogP) is -0.343. The maximum Gasteiger partial charge on any atom is 0.431 e. The summed E-state index contributed by atoms with van der Waals surface area (Å²) in [7, 11) is 1.02. The SMILES string of the molecule is COC(=O)C(CO)NC(=O)c1ccc(C(F)(F)F)[nH]c1=O. The molecule has 0 aliphatic carbocycles. The first-order valence-corrected chi connectivity index (χ1v) is 5.50. The number of rotatable bonds is 4. The third-order valence-corrected chi connectivity index (χ3v) is 2.43. The number of methoxy groups -OCH3 is 1. The Morgan fingerprint density at radius 3 is 2.48 bits per heavy atom. The molecule has 0 radical (unpaired) electrons. The lowest BCUT2D eigenvalue weighted by Crippen LogP contribution is -2.45. The van der Waals surface area contributed by atoms with Crippen molar-refractivity contribution in [2.24, 2.45) is 0 Å². The van der Waals surface area contributed by atoms with Crippen LogP contribution in [0.1, 0.15) is 16.1 Å². The van der Waals surface area contributed by atoms with Gasteiger partial charge < -0.3 is 20.1 Å². The van der Waals surface area contributed by atoms with Crippen LogP contribution in [0.5, 0.6) is 0 Å². The molecule has 1 amide bonds. The van der Waals surface area contributed by atoms with E-state index in [4.69, 9.17) is 5.11 Å². The average Bonchev–Trinajstić information content (AvgIpc) is 2.42. The number of amides is 1. The lowest BCUT2D eigenvalue weighted by Gasteiger charge is -2.13. The van der Waals surface area contributed by atoms with Gasteiger partial charge >= 0.3 is 12.1 Å². The Kier molecular flexibility index (Phi) is 5.08. The third kappa shape index (κ3) is 4.05. The number of pyridine rings is 1. The van der Waals surface area contributed by atoms with E-state index in [-0.39, 0.29) is 0 Å². The van der Waals surface area contributed by atoms with E-state index in [2.05, 4.69) is 4.74 Å². The summed E-state index contributed by atoms with van der Waals surface area (Å²) < 4.78 is 41.3. The van der Waals surface area contributed by atoms with Crippen LogP contribution in [-0.4, -0.2) is 41.7 Å². The van der Waals surface area contributed by atoms with Crippen molar-refractivity contribution < 1.29 is 32.6 Å². The number of aromatic amines is 1. The molecule has 1 aromatic rings. The van der Waals surface area contributed by atoms with E-state index >= 15 is 0 Å². The van der Waals surface area contributed by atoms with Gasteiger partial charge in [-0.25, -0.2) is 4.79 Å². The molecule has 7 nitrogen and oxygen atoms in total. The Labute approximate surface area is 115 Å². The molecule has 0 spiro atoms. The molecular formula is C11H11F3N2O5. The number of carbonyl (C=O) groups is 2. The molecule has 0 aromatic carbocycles. The van der Waals surface area contributed by atoms with E-state index in [1.54, 1.807) is 0 Å². The number of halogens is 3. The molecule has 21 heavy (non-hydrogen) atoms. The van der Waals surface area contributed by atoms with E-state index in [0.29, 0.717) is 12.1 Å². The average molecular weight is 308 g/mol. The fourth-order valence-electron chi connectivity index (χ4n) is 1.38. The molecule has 1 heterocycles. The Bertz CT molecular complexity index is 596. The third-order valence-electron chi connectivity index (χ3n) is 2.43. The first-order chi connectivity index (χ1) is 9.70. The summed E-state index contributed by atoms with van der Waals surface area (Å²) in [5, 5.41) is 10.9. The molecule has 0 fully saturated rings. The number of carbonyl (C=O) groups excluding carboxylic acids is 2. The zero-order chi connectivity index (χ0) is 16.2. The summed E-state index contributed by atoms with van der Waals surface area (Å²) in [5.74, 6) is -2.08. The first kappa shape index (κ1) is 16.7. The molecule has 0 saturated carbocycles. The van der Waals surface area contributed by atoms with Crippen molar-refractivity contribution in [1.82, 2.24) is 10.3 Å². The van der Waals surface area contributed by atoms with Crippen molar-refractivity contribution in [3.05, 3.63) is 33.7 Å². The molecule has 0 bridgehead atoms. The fraction of sp³-hybridized carbons (Fsp3) is 0.364. The van der Waals surface area contributed by atoms with E-state index < -0.39 is 47.5 Å². The molecule has 10 heteroatoms. The Morgan fingerprint density at radius 1 is 1.43 bits per heavy atom. The molecule has 1 rings (SSSR count). The number of esters is 1. The molecule has 1 aromatic heterocycles. The molecule has 3 N–H and O–H groups in total. The van der Waals surface area contributed by atoms with Crippen LogP contribution in [-0.2, 0) is 15.7 Å². The van der Waals surface area contributed by atoms with Crippen molar-refractivity contribution in [1.29, 1.82) is 0 Å². The highest BCUT2D eigenvalue weighted by atomic mass is 19.4. The minimum atomic E-state index is -4.76. The smallest absolute Gasteiger partial charge is 0.431 e. The largest absolute Gasteiger partial charge is 0.467 e. The van der Waals surface area contributed by atoms with Gasteiger partial charge in [-0.2, -0.15) is 13.2 Å². The maximum atomic E-state index is 12.4. The molecule has 116 valence electrons. The van der Waals surface area contributed by atoms with Gasteiger partial charge in [0, 0.05) is 0 Å². The van der Waals surface area contributed by atoms with Gasteiger partial charge in [0.25, 0.3) is 11.5 Å². The zero-order valence-corrected chi connectivity index (χ0v) is 10.7. The number of hydrogen-bond donors (Lipinski definition) is 3. The molecule has 0 aliphatic heterocycles. The number of hydrogen-bond acceptors (Lipinski definition) is 5. The summed E-state index contributed by atoms with van der Waals surface area (Å²) in [5.41, 5.74) is -3.22. The molecule has 0 saturated heterocycles. The van der Waals surface area contributed by atoms with Gasteiger partial charge in [-0.1, -0.05) is 0 Å². The number of alkyl halides is 3. The Balaban J connectivity index is 2.99. The van der Waals surface area contributed by atoms with Crippen LogP contribution in [0, 0.1) is 0 Å². The van der Waals surface area contributed by atoms with Gasteiger partial charge in [0.1, 0.15) is 11.3 Å². The minimum absolute atomic E-state index is 0.516. The van der Waals surface area contributed by atoms with Gasteiger partial charge in [0.2, 0.25) is 0 Å². The topological polar surface area (TPSA) is 108 Å². The van der Waals surface area contributed by atoms with Crippen LogP contribution >= 0.6 is 0 Å². The second-order valence-electron chi connectivity index (χ2n) is 3.84. The summed E-state index contributed by atoms with van der Waals surface area (Å²) >= 11 is 0. The van der Waals surface area contributed by atoms with E-state index in [1.807, 2.05) is 5.32 Å². The Morgan fingerprint density at radius 2 is 2.05 bits per heavy atom. The minimum Gasteiger partial charge on any atom is -0.467 e. The highest BCUT2D eigenvalue weighted by Crippen LogP contribution is 2.26. The number of aliphatic hydroxyl groups is 1. The normalized spacial score (nSPS) is 12.6. The fourth-order valence-corrected chi connectivity index (χ4v) is 1.38. The van der Waals surface area contributed by atoms with Crippen LogP contribution in [0.25, 0.3) is 0 Å². The van der Waals surface area contributed by atoms with Gasteiger partial charge in [0.05, 0.1) is 13.7 Å². The van der Waals surface area contributed by atoms with Gasteiger partial charge in [0.15, 0.2) is 6.04 Å². The van der Waals surface area contributed by atoms with Crippen LogP contribution in [0.2, 0.25) is 0 Å². The monoisotopic (exact) mass is 308 g/mol. The highest BCUT2D eigenvalue weighted by Gasteiger charge is 2.32. The van der Waals surface area contributed by atoms with Crippen molar-refractivity contribution in [2.75, 3.05) is 13.7 Å². The summed E-state index contributed by atoms with van der Waals surface area (Å²) in [6.45, 7) is -0.795. The standard InChI is InChI=1S/C11H11F3N2O5/c1-21-10(20)6(4-17)15-8(18)5-2-3-7(11(12,13)14)16-9(5)19/h2-3,6,17H,4H2,1H3,(H,15,18)(H,16,19). The molecular weight excluding hydrogens is 297 g/mol. The summed E-state index contributed by atoms with van der Waals surface area (Å²) in [4.78, 5) is 35.8. The summed E-state index contributed by atoms with van der Waals surface area (Å²) in [6, 6.07) is -0.241. The van der Waals surface area contributed by atoms with E-state index in [0.717, 1.165) is 7.11 Å². The molecule has 1 atom stereocenters. The second-order valence-corrected chi connectivity index (χ2v) is 3.84. The number of H-pyrrole nitrogens is 1. The predicted molar refractivity (Wildman–Crippen MR) is 62.4 cm³/mol. The summed E-state index contributed by atoms with van der Waals surface area (Å²) in [6.07, 6.45) is -4.76. The number of nitrogens with one attached hydrogen (secondary N) is 2. The van der Waals surface area contributed by atoms with Gasteiger partial charge in [-0.15, -0.1) is 0 Å². The van der Waals surface area contributed by atoms with Gasteiger partial charge in [-0.3, -0.25) is 9.59 Å². The lowest BCUT2D eigenvalue weighted by molar-refractivity contribution is -0.144. The van der Waals surface area contributed by atoms with Gasteiger partial charge in [-0.05, 0) is 12.1 Å². The van der Waals surface area contributed by atoms with E-state index in [1.165, 1.54) is 4.98 Å². The van der Waals surface area contributed by atoms with Crippen molar-refractivity contribution in [2.45, 2.75) is 12.2 Å². The van der Waals surface area contributed by atoms with Crippen molar-refractivity contribution in [3.8, 4) is 0 Å². The lowest BCUT2D eigenvalue weighted by atomic mass is 10.2. The maximum absolute atomic E-state index is 12.4. The second kappa shape index (κ2) is 6.39. The van der Waals surface area contributed by atoms with Crippen LogP contribution in [0.3, 0.4) is 0 Å². The number of ether oxygens (including phenoxy) is 1. The zero-order valence-electron chi connectivity index (χ0n) is 10.7. The molecule has 1 unspecified atom stereocenters.